The predicted molar refractivity (Wildman–Crippen MR) is 63.5 cm³/mol. The van der Waals surface area contributed by atoms with E-state index in [2.05, 4.69) is 0 Å². The maximum atomic E-state index is 11.8. The van der Waals surface area contributed by atoms with Crippen LogP contribution >= 0.6 is 0 Å². The molecule has 0 N–H and O–H groups in total. The first-order valence-electron chi connectivity index (χ1n) is 5.34. The fourth-order valence-electron chi connectivity index (χ4n) is 1.36. The Morgan fingerprint density at radius 1 is 1.44 bits per heavy atom. The van der Waals surface area contributed by atoms with E-state index in [-0.39, 0.29) is 6.09 Å². The summed E-state index contributed by atoms with van der Waals surface area (Å²) >= 11 is 0. The molecule has 0 saturated heterocycles. The molecule has 1 heterocycles. The van der Waals surface area contributed by atoms with Crippen LogP contribution in [0.3, 0.4) is 0 Å². The summed E-state index contributed by atoms with van der Waals surface area (Å²) in [4.78, 5) is 13.9. The van der Waals surface area contributed by atoms with Crippen molar-refractivity contribution in [2.24, 2.45) is 0 Å². The average Bonchev–Trinajstić information content (AvgIpc) is 2.47. The van der Waals surface area contributed by atoms with Crippen LogP contribution in [0.5, 0.6) is 0 Å². The van der Waals surface area contributed by atoms with Crippen LogP contribution in [0, 0.1) is 0 Å². The first kappa shape index (κ1) is 12.8. The summed E-state index contributed by atoms with van der Waals surface area (Å²) in [6, 6.07) is 3.77. The highest BCUT2D eigenvalue weighted by Crippen LogP contribution is 2.12. The molecule has 0 radical (unpaired) electrons. The quantitative estimate of drug-likeness (QED) is 0.773. The molecule has 0 amide bonds. The Kier molecular flexibility index (Phi) is 3.75. The minimum absolute atomic E-state index is 0.325. The molecule has 0 aromatic carbocycles. The lowest BCUT2D eigenvalue weighted by Crippen LogP contribution is -2.28. The van der Waals surface area contributed by atoms with Crippen LogP contribution in [0.1, 0.15) is 26.5 Å². The van der Waals surface area contributed by atoms with Crippen molar-refractivity contribution in [3.05, 3.63) is 24.0 Å². The number of rotatable bonds is 2. The van der Waals surface area contributed by atoms with Crippen molar-refractivity contribution >= 4 is 6.09 Å². The summed E-state index contributed by atoms with van der Waals surface area (Å²) in [5.74, 6) is 0. The molecular formula is C12H20N2O2. The van der Waals surface area contributed by atoms with Gasteiger partial charge in [-0.05, 0) is 47.0 Å². The normalized spacial score (nSPS) is 11.9. The zero-order chi connectivity index (χ0) is 12.3. The van der Waals surface area contributed by atoms with E-state index in [0.29, 0.717) is 6.54 Å². The molecule has 0 aliphatic carbocycles. The van der Waals surface area contributed by atoms with Gasteiger partial charge in [0.15, 0.2) is 0 Å². The third-order valence-electron chi connectivity index (χ3n) is 1.90. The Bertz CT molecular complexity index is 361. The Labute approximate surface area is 96.8 Å². The summed E-state index contributed by atoms with van der Waals surface area (Å²) in [5, 5.41) is 0. The van der Waals surface area contributed by atoms with Gasteiger partial charge in [0.2, 0.25) is 0 Å². The van der Waals surface area contributed by atoms with Gasteiger partial charge in [0.25, 0.3) is 0 Å². The fraction of sp³-hybridized carbons (Fsp3) is 0.583. The molecule has 1 aromatic rings. The summed E-state index contributed by atoms with van der Waals surface area (Å²) in [6.45, 7) is 6.30. The van der Waals surface area contributed by atoms with E-state index < -0.39 is 5.60 Å². The fourth-order valence-corrected chi connectivity index (χ4v) is 1.36. The van der Waals surface area contributed by atoms with Crippen LogP contribution < -0.4 is 0 Å². The highest BCUT2D eigenvalue weighted by atomic mass is 16.6. The Hall–Kier alpha value is -1.29. The number of nitrogens with zero attached hydrogens (tertiary/aromatic N) is 2. The molecule has 4 nitrogen and oxygen atoms in total. The minimum Gasteiger partial charge on any atom is -0.443 e. The van der Waals surface area contributed by atoms with Crippen molar-refractivity contribution in [1.29, 1.82) is 0 Å². The standard InChI is InChI=1S/C12H20N2O2/c1-12(2,3)16-11(15)14-8-6-7-10(14)9-13(4)5/h6-8H,9H2,1-5H3. The van der Waals surface area contributed by atoms with Gasteiger partial charge in [0, 0.05) is 18.4 Å². The van der Waals surface area contributed by atoms with Crippen molar-refractivity contribution in [1.82, 2.24) is 9.47 Å². The molecule has 0 aliphatic rings. The van der Waals surface area contributed by atoms with Gasteiger partial charge in [-0.15, -0.1) is 0 Å². The van der Waals surface area contributed by atoms with Gasteiger partial charge >= 0.3 is 6.09 Å². The number of carbonyl (C=O) groups excluding carboxylic acids is 1. The average molecular weight is 224 g/mol. The third kappa shape index (κ3) is 3.70. The van der Waals surface area contributed by atoms with Crippen LogP contribution in [0.15, 0.2) is 18.3 Å². The second-order valence-corrected chi connectivity index (χ2v) is 5.09. The number of ether oxygens (including phenoxy) is 1. The van der Waals surface area contributed by atoms with Crippen LogP contribution in [0.4, 0.5) is 4.79 Å². The lowest BCUT2D eigenvalue weighted by atomic mass is 10.2. The van der Waals surface area contributed by atoms with Crippen LogP contribution in [-0.4, -0.2) is 35.3 Å². The van der Waals surface area contributed by atoms with E-state index in [4.69, 9.17) is 4.74 Å². The van der Waals surface area contributed by atoms with E-state index in [9.17, 15) is 4.79 Å². The van der Waals surface area contributed by atoms with Gasteiger partial charge in [0.1, 0.15) is 5.60 Å². The van der Waals surface area contributed by atoms with Gasteiger partial charge in [-0.3, -0.25) is 4.57 Å². The smallest absolute Gasteiger partial charge is 0.418 e. The molecule has 1 aromatic heterocycles. The van der Waals surface area contributed by atoms with Gasteiger partial charge in [0.05, 0.1) is 0 Å². The summed E-state index contributed by atoms with van der Waals surface area (Å²) in [6.07, 6.45) is 1.40. The molecule has 1 rings (SSSR count). The zero-order valence-corrected chi connectivity index (χ0v) is 10.7. The molecule has 0 unspecified atom stereocenters. The maximum Gasteiger partial charge on any atom is 0.418 e. The number of hydrogen-bond acceptors (Lipinski definition) is 3. The van der Waals surface area contributed by atoms with Crippen LogP contribution in [-0.2, 0) is 11.3 Å². The van der Waals surface area contributed by atoms with E-state index in [1.165, 1.54) is 0 Å². The predicted octanol–water partition coefficient (Wildman–Crippen LogP) is 2.33. The van der Waals surface area contributed by atoms with Crippen molar-refractivity contribution in [2.75, 3.05) is 14.1 Å². The first-order chi connectivity index (χ1) is 7.29. The summed E-state index contributed by atoms with van der Waals surface area (Å²) in [5.41, 5.74) is 0.468. The lowest BCUT2D eigenvalue weighted by Gasteiger charge is -2.21. The van der Waals surface area contributed by atoms with Gasteiger partial charge in [-0.2, -0.15) is 0 Å². The lowest BCUT2D eigenvalue weighted by molar-refractivity contribution is 0.0530. The minimum atomic E-state index is -0.462. The van der Waals surface area contributed by atoms with E-state index in [1.54, 1.807) is 10.8 Å². The van der Waals surface area contributed by atoms with Gasteiger partial charge < -0.3 is 9.64 Å². The Morgan fingerprint density at radius 3 is 2.56 bits per heavy atom. The molecule has 0 saturated carbocycles. The number of aromatic nitrogens is 1. The topological polar surface area (TPSA) is 34.5 Å². The number of hydrogen-bond donors (Lipinski definition) is 0. The molecule has 90 valence electrons. The first-order valence-corrected chi connectivity index (χ1v) is 5.34. The highest BCUT2D eigenvalue weighted by Gasteiger charge is 2.19. The number of carbonyl (C=O) groups is 1. The Morgan fingerprint density at radius 2 is 2.06 bits per heavy atom. The zero-order valence-electron chi connectivity index (χ0n) is 10.7. The summed E-state index contributed by atoms with van der Waals surface area (Å²) < 4.78 is 6.86. The van der Waals surface area contributed by atoms with Crippen molar-refractivity contribution < 1.29 is 9.53 Å². The van der Waals surface area contributed by atoms with Crippen molar-refractivity contribution in [2.45, 2.75) is 32.9 Å². The van der Waals surface area contributed by atoms with E-state index in [1.807, 2.05) is 51.9 Å². The SMILES string of the molecule is CN(C)Cc1cccn1C(=O)OC(C)(C)C. The van der Waals surface area contributed by atoms with Crippen LogP contribution in [0.25, 0.3) is 0 Å². The Balaban J connectivity index is 2.80. The molecule has 0 aliphatic heterocycles. The molecule has 16 heavy (non-hydrogen) atoms. The second kappa shape index (κ2) is 4.70. The van der Waals surface area contributed by atoms with Gasteiger partial charge in [-0.25, -0.2) is 4.79 Å². The third-order valence-corrected chi connectivity index (χ3v) is 1.90. The van der Waals surface area contributed by atoms with Crippen molar-refractivity contribution in [3.63, 3.8) is 0 Å². The molecule has 4 heteroatoms. The molecule has 0 fully saturated rings. The highest BCUT2D eigenvalue weighted by molar-refractivity contribution is 5.72. The molecule has 0 bridgehead atoms. The summed E-state index contributed by atoms with van der Waals surface area (Å²) in [7, 11) is 3.93. The molecule has 0 spiro atoms. The maximum absolute atomic E-state index is 11.8. The van der Waals surface area contributed by atoms with Crippen LogP contribution in [0.2, 0.25) is 0 Å². The molecule has 0 atom stereocenters. The largest absolute Gasteiger partial charge is 0.443 e. The van der Waals surface area contributed by atoms with Gasteiger partial charge in [-0.1, -0.05) is 0 Å². The van der Waals surface area contributed by atoms with E-state index >= 15 is 0 Å². The van der Waals surface area contributed by atoms with E-state index in [0.717, 1.165) is 5.69 Å². The second-order valence-electron chi connectivity index (χ2n) is 5.09. The monoisotopic (exact) mass is 224 g/mol. The van der Waals surface area contributed by atoms with Crippen molar-refractivity contribution in [3.8, 4) is 0 Å². The molecular weight excluding hydrogens is 204 g/mol.